The van der Waals surface area contributed by atoms with Crippen molar-refractivity contribution in [2.75, 3.05) is 33.8 Å². The maximum atomic E-state index is 13.8. The van der Waals surface area contributed by atoms with E-state index in [9.17, 15) is 14.0 Å². The molecule has 1 saturated heterocycles. The van der Waals surface area contributed by atoms with Crippen molar-refractivity contribution in [2.45, 2.75) is 13.0 Å². The van der Waals surface area contributed by atoms with Crippen molar-refractivity contribution in [3.63, 3.8) is 0 Å². The molecule has 1 aromatic carbocycles. The maximum absolute atomic E-state index is 13.8. The molecule has 1 atom stereocenters. The second kappa shape index (κ2) is 10.1. The Hall–Kier alpha value is -2.11. The summed E-state index contributed by atoms with van der Waals surface area (Å²) >= 11 is 0. The number of ether oxygens (including phenoxy) is 1. The van der Waals surface area contributed by atoms with Crippen LogP contribution in [-0.4, -0.2) is 56.6 Å². The average molecular weight is 479 g/mol. The zero-order chi connectivity index (χ0) is 18.4. The molecule has 1 unspecified atom stereocenters. The monoisotopic (exact) mass is 479 g/mol. The molecule has 0 saturated carbocycles. The predicted molar refractivity (Wildman–Crippen MR) is 106 cm³/mol. The first-order valence-corrected chi connectivity index (χ1v) is 7.85. The van der Waals surface area contributed by atoms with Crippen LogP contribution in [0.15, 0.2) is 23.2 Å². The van der Waals surface area contributed by atoms with Crippen LogP contribution in [0.5, 0.6) is 5.75 Å². The number of methoxy groups -OCH3 is 1. The highest BCUT2D eigenvalue weighted by Gasteiger charge is 2.27. The van der Waals surface area contributed by atoms with Crippen LogP contribution in [0.25, 0.3) is 0 Å². The summed E-state index contributed by atoms with van der Waals surface area (Å²) < 4.78 is 18.7. The van der Waals surface area contributed by atoms with Gasteiger partial charge in [0.15, 0.2) is 17.5 Å². The Morgan fingerprint density at radius 1 is 1.46 bits per heavy atom. The van der Waals surface area contributed by atoms with Crippen molar-refractivity contribution < 1.29 is 18.7 Å². The lowest BCUT2D eigenvalue weighted by atomic mass is 10.1. The fourth-order valence-electron chi connectivity index (χ4n) is 2.40. The van der Waals surface area contributed by atoms with Crippen LogP contribution in [0.3, 0.4) is 0 Å². The summed E-state index contributed by atoms with van der Waals surface area (Å²) in [5.74, 6) is -0.0187. The highest BCUT2D eigenvalue weighted by atomic mass is 127. The number of carbonyl (C=O) groups excluding carboxylic acids is 2. The number of nitrogens with one attached hydrogen (secondary N) is 3. The van der Waals surface area contributed by atoms with Gasteiger partial charge >= 0.3 is 6.03 Å². The minimum absolute atomic E-state index is 0. The van der Waals surface area contributed by atoms with E-state index in [1.165, 1.54) is 13.2 Å². The van der Waals surface area contributed by atoms with E-state index in [-0.39, 0.29) is 54.8 Å². The molecular formula is C16H23FIN5O3. The standard InChI is InChI=1S/C16H22FN5O3.HI/c1-10(11-4-5-13(25-3)12(17)8-11)21-15(18-2)19-6-7-22-14(23)9-20-16(22)24;/h4-5,8,10H,6-7,9H2,1-3H3,(H,20,24)(H2,18,19,21);1H. The van der Waals surface area contributed by atoms with Crippen molar-refractivity contribution >= 4 is 41.9 Å². The van der Waals surface area contributed by atoms with Crippen molar-refractivity contribution in [1.29, 1.82) is 0 Å². The van der Waals surface area contributed by atoms with E-state index in [4.69, 9.17) is 4.74 Å². The molecule has 1 aromatic rings. The largest absolute Gasteiger partial charge is 0.494 e. The average Bonchev–Trinajstić information content (AvgIpc) is 2.92. The molecule has 0 aromatic heterocycles. The molecule has 3 amide bonds. The number of carbonyl (C=O) groups is 2. The number of imide groups is 1. The summed E-state index contributed by atoms with van der Waals surface area (Å²) in [6.07, 6.45) is 0. The fourth-order valence-corrected chi connectivity index (χ4v) is 2.40. The molecule has 10 heteroatoms. The lowest BCUT2D eigenvalue weighted by molar-refractivity contribution is -0.124. The molecule has 0 spiro atoms. The Labute approximate surface area is 168 Å². The van der Waals surface area contributed by atoms with Gasteiger partial charge in [0.2, 0.25) is 5.91 Å². The van der Waals surface area contributed by atoms with Crippen LogP contribution in [0, 0.1) is 5.82 Å². The van der Waals surface area contributed by atoms with Gasteiger partial charge in [-0.1, -0.05) is 6.07 Å². The molecule has 0 bridgehead atoms. The summed E-state index contributed by atoms with van der Waals surface area (Å²) in [7, 11) is 3.02. The summed E-state index contributed by atoms with van der Waals surface area (Å²) in [6.45, 7) is 2.48. The number of nitrogens with zero attached hydrogens (tertiary/aromatic N) is 2. The van der Waals surface area contributed by atoms with Gasteiger partial charge in [0.05, 0.1) is 19.7 Å². The third-order valence-corrected chi connectivity index (χ3v) is 3.82. The third kappa shape index (κ3) is 5.44. The van der Waals surface area contributed by atoms with E-state index in [2.05, 4.69) is 20.9 Å². The zero-order valence-electron chi connectivity index (χ0n) is 14.8. The fraction of sp³-hybridized carbons (Fsp3) is 0.438. The molecule has 1 aliphatic heterocycles. The topological polar surface area (TPSA) is 95.1 Å². The molecule has 0 radical (unpaired) electrons. The van der Waals surface area contributed by atoms with Crippen molar-refractivity contribution in [1.82, 2.24) is 20.9 Å². The lowest BCUT2D eigenvalue weighted by Crippen LogP contribution is -2.43. The minimum atomic E-state index is -0.435. The SMILES string of the molecule is CN=C(NCCN1C(=O)CNC1=O)NC(C)c1ccc(OC)c(F)c1.I. The number of urea groups is 1. The molecular weight excluding hydrogens is 456 g/mol. The summed E-state index contributed by atoms with van der Waals surface area (Å²) in [5.41, 5.74) is 0.732. The van der Waals surface area contributed by atoms with Gasteiger partial charge in [-0.05, 0) is 24.6 Å². The molecule has 0 aliphatic carbocycles. The number of hydrogen-bond acceptors (Lipinski definition) is 4. The molecule has 144 valence electrons. The van der Waals surface area contributed by atoms with Crippen LogP contribution in [0.1, 0.15) is 18.5 Å². The van der Waals surface area contributed by atoms with Crippen LogP contribution in [0.4, 0.5) is 9.18 Å². The Kier molecular flexibility index (Phi) is 8.55. The van der Waals surface area contributed by atoms with Gasteiger partial charge in [-0.2, -0.15) is 0 Å². The first kappa shape index (κ1) is 21.9. The van der Waals surface area contributed by atoms with Crippen LogP contribution >= 0.6 is 24.0 Å². The van der Waals surface area contributed by atoms with E-state index >= 15 is 0 Å². The molecule has 3 N–H and O–H groups in total. The highest BCUT2D eigenvalue weighted by Crippen LogP contribution is 2.21. The van der Waals surface area contributed by atoms with E-state index in [1.54, 1.807) is 19.2 Å². The summed E-state index contributed by atoms with van der Waals surface area (Å²) in [6, 6.07) is 4.13. The zero-order valence-corrected chi connectivity index (χ0v) is 17.2. The number of amides is 3. The van der Waals surface area contributed by atoms with E-state index in [0.717, 1.165) is 10.5 Å². The second-order valence-corrected chi connectivity index (χ2v) is 5.46. The third-order valence-electron chi connectivity index (χ3n) is 3.82. The Bertz CT molecular complexity index is 670. The number of rotatable bonds is 6. The first-order chi connectivity index (χ1) is 12.0. The van der Waals surface area contributed by atoms with Gasteiger partial charge in [0.1, 0.15) is 0 Å². The van der Waals surface area contributed by atoms with Gasteiger partial charge in [-0.25, -0.2) is 9.18 Å². The van der Waals surface area contributed by atoms with Crippen LogP contribution in [0.2, 0.25) is 0 Å². The number of guanidine groups is 1. The van der Waals surface area contributed by atoms with Gasteiger partial charge in [-0.3, -0.25) is 14.7 Å². The van der Waals surface area contributed by atoms with E-state index < -0.39 is 11.8 Å². The number of halogens is 2. The molecule has 8 nitrogen and oxygen atoms in total. The van der Waals surface area contributed by atoms with Gasteiger partial charge < -0.3 is 20.7 Å². The van der Waals surface area contributed by atoms with Crippen LogP contribution in [-0.2, 0) is 4.79 Å². The minimum Gasteiger partial charge on any atom is -0.494 e. The van der Waals surface area contributed by atoms with Gasteiger partial charge in [-0.15, -0.1) is 24.0 Å². The first-order valence-electron chi connectivity index (χ1n) is 7.85. The van der Waals surface area contributed by atoms with Gasteiger partial charge in [0.25, 0.3) is 0 Å². The number of aliphatic imine (C=N–C) groups is 1. The summed E-state index contributed by atoms with van der Waals surface area (Å²) in [4.78, 5) is 28.2. The van der Waals surface area contributed by atoms with E-state index in [1.807, 2.05) is 6.92 Å². The maximum Gasteiger partial charge on any atom is 0.324 e. The molecule has 1 heterocycles. The van der Waals surface area contributed by atoms with E-state index in [0.29, 0.717) is 12.5 Å². The van der Waals surface area contributed by atoms with Gasteiger partial charge in [0, 0.05) is 20.1 Å². The Balaban J connectivity index is 0.00000338. The van der Waals surface area contributed by atoms with Crippen LogP contribution < -0.4 is 20.7 Å². The molecule has 1 aliphatic rings. The smallest absolute Gasteiger partial charge is 0.324 e. The quantitative estimate of drug-likeness (QED) is 0.247. The normalized spacial score (nSPS) is 15.2. The molecule has 26 heavy (non-hydrogen) atoms. The van der Waals surface area contributed by atoms with Crippen molar-refractivity contribution in [3.8, 4) is 5.75 Å². The highest BCUT2D eigenvalue weighted by molar-refractivity contribution is 14.0. The molecule has 2 rings (SSSR count). The van der Waals surface area contributed by atoms with Crippen molar-refractivity contribution in [3.05, 3.63) is 29.6 Å². The Morgan fingerprint density at radius 3 is 2.73 bits per heavy atom. The predicted octanol–water partition coefficient (Wildman–Crippen LogP) is 1.23. The second-order valence-electron chi connectivity index (χ2n) is 5.46. The number of benzene rings is 1. The lowest BCUT2D eigenvalue weighted by Gasteiger charge is -2.20. The van der Waals surface area contributed by atoms with Crippen molar-refractivity contribution in [2.24, 2.45) is 4.99 Å². The Morgan fingerprint density at radius 2 is 2.19 bits per heavy atom. The number of hydrogen-bond donors (Lipinski definition) is 3. The summed E-state index contributed by atoms with van der Waals surface area (Å²) in [5, 5.41) is 8.60. The molecule has 1 fully saturated rings.